The Labute approximate surface area is 177 Å². The molecule has 1 aliphatic heterocycles. The van der Waals surface area contributed by atoms with E-state index in [9.17, 15) is 4.79 Å². The number of fused-ring (bicyclic) bond motifs is 2. The molecule has 0 spiro atoms. The predicted octanol–water partition coefficient (Wildman–Crippen LogP) is 5.80. The summed E-state index contributed by atoms with van der Waals surface area (Å²) in [5, 5.41) is 6.71. The number of nitrogens with one attached hydrogen (secondary N) is 3. The van der Waals surface area contributed by atoms with Gasteiger partial charge in [0.15, 0.2) is 0 Å². The summed E-state index contributed by atoms with van der Waals surface area (Å²) in [6.07, 6.45) is 0.302. The van der Waals surface area contributed by atoms with Gasteiger partial charge in [-0.25, -0.2) is 13.6 Å². The molecule has 1 aliphatic rings. The third-order valence-electron chi connectivity index (χ3n) is 5.71. The highest BCUT2D eigenvalue weighted by Gasteiger charge is 2.44. The van der Waals surface area contributed by atoms with Crippen molar-refractivity contribution in [3.8, 4) is 11.1 Å². The minimum Gasteiger partial charge on any atom is -0.443 e. The molecule has 0 saturated heterocycles. The van der Waals surface area contributed by atoms with Crippen molar-refractivity contribution in [2.24, 2.45) is 0 Å². The normalized spacial score (nSPS) is 19.8. The number of aromatic amines is 1. The lowest BCUT2D eigenvalue weighted by Crippen LogP contribution is -2.53. The first-order valence-corrected chi connectivity index (χ1v) is 9.98. The molecule has 0 aliphatic carbocycles. The van der Waals surface area contributed by atoms with E-state index < -0.39 is 35.3 Å². The van der Waals surface area contributed by atoms with E-state index >= 15 is 8.78 Å². The lowest BCUT2D eigenvalue weighted by atomic mass is 9.77. The molecule has 3 N–H and O–H groups in total. The highest BCUT2D eigenvalue weighted by molar-refractivity contribution is 6.36. The van der Waals surface area contributed by atoms with Gasteiger partial charge >= 0.3 is 6.09 Å². The van der Waals surface area contributed by atoms with Crippen LogP contribution in [-0.4, -0.2) is 29.8 Å². The van der Waals surface area contributed by atoms with Gasteiger partial charge < -0.3 is 20.4 Å². The number of carbonyl (C=O) groups excluding carboxylic acids is 1. The molecule has 4 rings (SSSR count). The summed E-state index contributed by atoms with van der Waals surface area (Å²) >= 11 is 6.18. The van der Waals surface area contributed by atoms with Crippen LogP contribution in [0, 0.1) is 11.6 Å². The maximum absolute atomic E-state index is 15.8. The standard InChI is InChI=1S/C22H22ClF2N3O2/c1-10-16-15(28-22(2,3)20(10)30-21(29)26-4)8-14(24)17(18(16)25)12-7-5-6-11-13(23)9-27-19(11)12/h5-10,20,27-28H,1-4H3,(H,26,29)/t10-,20+/m0/s1. The lowest BCUT2D eigenvalue weighted by Gasteiger charge is -2.44. The van der Waals surface area contributed by atoms with Crippen LogP contribution in [0.2, 0.25) is 5.02 Å². The minimum absolute atomic E-state index is 0.148. The number of rotatable bonds is 2. The molecule has 2 atom stereocenters. The number of carbonyl (C=O) groups is 1. The van der Waals surface area contributed by atoms with Crippen LogP contribution in [0.3, 0.4) is 0 Å². The number of benzene rings is 2. The van der Waals surface area contributed by atoms with Gasteiger partial charge in [0.25, 0.3) is 0 Å². The summed E-state index contributed by atoms with van der Waals surface area (Å²) in [7, 11) is 1.46. The number of alkyl carbamates (subject to hydrolysis) is 1. The lowest BCUT2D eigenvalue weighted by molar-refractivity contribution is 0.0480. The molecule has 3 aromatic rings. The number of para-hydroxylation sites is 1. The van der Waals surface area contributed by atoms with Crippen LogP contribution in [0.4, 0.5) is 19.3 Å². The summed E-state index contributed by atoms with van der Waals surface area (Å²) in [5.41, 5.74) is 0.666. The van der Waals surface area contributed by atoms with Gasteiger partial charge in [-0.3, -0.25) is 0 Å². The van der Waals surface area contributed by atoms with Crippen molar-refractivity contribution in [1.82, 2.24) is 10.3 Å². The second kappa shape index (κ2) is 7.16. The number of aromatic nitrogens is 1. The van der Waals surface area contributed by atoms with Crippen LogP contribution >= 0.6 is 11.6 Å². The number of H-pyrrole nitrogens is 1. The monoisotopic (exact) mass is 433 g/mol. The molecule has 1 amide bonds. The number of hydrogen-bond donors (Lipinski definition) is 3. The van der Waals surface area contributed by atoms with E-state index in [1.807, 2.05) is 13.8 Å². The van der Waals surface area contributed by atoms with Gasteiger partial charge in [-0.05, 0) is 19.9 Å². The fourth-order valence-corrected chi connectivity index (χ4v) is 4.59. The van der Waals surface area contributed by atoms with E-state index in [0.29, 0.717) is 27.2 Å². The van der Waals surface area contributed by atoms with Crippen molar-refractivity contribution < 1.29 is 18.3 Å². The molecular weight excluding hydrogens is 412 g/mol. The fourth-order valence-electron chi connectivity index (χ4n) is 4.38. The van der Waals surface area contributed by atoms with Gasteiger partial charge in [0.05, 0.1) is 21.6 Å². The zero-order chi connectivity index (χ0) is 21.8. The largest absolute Gasteiger partial charge is 0.443 e. The first-order chi connectivity index (χ1) is 14.2. The molecule has 0 bridgehead atoms. The highest BCUT2D eigenvalue weighted by atomic mass is 35.5. The van der Waals surface area contributed by atoms with Gasteiger partial charge in [-0.2, -0.15) is 0 Å². The van der Waals surface area contributed by atoms with Crippen molar-refractivity contribution in [2.45, 2.75) is 38.3 Å². The summed E-state index contributed by atoms with van der Waals surface area (Å²) in [5.74, 6) is -1.89. The SMILES string of the molecule is CNC(=O)O[C@@H]1[C@@H](C)c2c(cc(F)c(-c3cccc4c(Cl)c[nH]c34)c2F)NC1(C)C. The first kappa shape index (κ1) is 20.5. The molecule has 0 saturated carbocycles. The Morgan fingerprint density at radius 2 is 2.03 bits per heavy atom. The number of halogens is 3. The van der Waals surface area contributed by atoms with Crippen LogP contribution < -0.4 is 10.6 Å². The van der Waals surface area contributed by atoms with Crippen molar-refractivity contribution in [3.63, 3.8) is 0 Å². The van der Waals surface area contributed by atoms with Crippen LogP contribution in [-0.2, 0) is 4.74 Å². The van der Waals surface area contributed by atoms with Crippen molar-refractivity contribution in [3.05, 3.63) is 52.7 Å². The predicted molar refractivity (Wildman–Crippen MR) is 114 cm³/mol. The quantitative estimate of drug-likeness (QED) is 0.478. The number of anilines is 1. The van der Waals surface area contributed by atoms with Crippen LogP contribution in [0.1, 0.15) is 32.3 Å². The molecule has 2 aromatic carbocycles. The molecule has 2 heterocycles. The van der Waals surface area contributed by atoms with E-state index in [2.05, 4.69) is 15.6 Å². The zero-order valence-electron chi connectivity index (χ0n) is 17.0. The summed E-state index contributed by atoms with van der Waals surface area (Å²) < 4.78 is 36.6. The Kier molecular flexibility index (Phi) is 4.89. The number of ether oxygens (including phenoxy) is 1. The Balaban J connectivity index is 1.91. The van der Waals surface area contributed by atoms with Gasteiger partial charge in [-0.1, -0.05) is 36.7 Å². The topological polar surface area (TPSA) is 66.1 Å². The average molecular weight is 434 g/mol. The van der Waals surface area contributed by atoms with E-state index in [1.165, 1.54) is 13.1 Å². The van der Waals surface area contributed by atoms with E-state index in [4.69, 9.17) is 16.3 Å². The van der Waals surface area contributed by atoms with Gasteiger partial charge in [0.2, 0.25) is 0 Å². The zero-order valence-corrected chi connectivity index (χ0v) is 17.7. The van der Waals surface area contributed by atoms with Crippen molar-refractivity contribution in [2.75, 3.05) is 12.4 Å². The molecular formula is C22H22ClF2N3O2. The van der Waals surface area contributed by atoms with E-state index in [-0.39, 0.29) is 11.1 Å². The van der Waals surface area contributed by atoms with Gasteiger partial charge in [0, 0.05) is 41.4 Å². The third kappa shape index (κ3) is 3.08. The van der Waals surface area contributed by atoms with E-state index in [1.54, 1.807) is 31.3 Å². The average Bonchev–Trinajstić information content (AvgIpc) is 3.06. The Morgan fingerprint density at radius 1 is 1.30 bits per heavy atom. The molecule has 30 heavy (non-hydrogen) atoms. The fraction of sp³-hybridized carbons (Fsp3) is 0.318. The van der Waals surface area contributed by atoms with Crippen molar-refractivity contribution in [1.29, 1.82) is 0 Å². The molecule has 5 nitrogen and oxygen atoms in total. The number of amides is 1. The Bertz CT molecular complexity index is 1160. The number of hydrogen-bond acceptors (Lipinski definition) is 3. The molecule has 8 heteroatoms. The molecule has 0 fully saturated rings. The highest BCUT2D eigenvalue weighted by Crippen LogP contribution is 2.46. The van der Waals surface area contributed by atoms with Crippen molar-refractivity contribution >= 4 is 34.3 Å². The smallest absolute Gasteiger partial charge is 0.407 e. The van der Waals surface area contributed by atoms with Crippen LogP contribution in [0.15, 0.2) is 30.5 Å². The van der Waals surface area contributed by atoms with Crippen LogP contribution in [0.5, 0.6) is 0 Å². The summed E-state index contributed by atoms with van der Waals surface area (Å²) in [6, 6.07) is 6.43. The second-order valence-corrected chi connectivity index (χ2v) is 8.49. The van der Waals surface area contributed by atoms with E-state index in [0.717, 1.165) is 0 Å². The summed E-state index contributed by atoms with van der Waals surface area (Å²) in [4.78, 5) is 14.9. The maximum atomic E-state index is 15.8. The second-order valence-electron chi connectivity index (χ2n) is 8.08. The maximum Gasteiger partial charge on any atom is 0.407 e. The molecule has 0 radical (unpaired) electrons. The first-order valence-electron chi connectivity index (χ1n) is 9.60. The molecule has 1 aromatic heterocycles. The third-order valence-corrected chi connectivity index (χ3v) is 6.02. The summed E-state index contributed by atoms with van der Waals surface area (Å²) in [6.45, 7) is 5.42. The Morgan fingerprint density at radius 3 is 2.73 bits per heavy atom. The Hall–Kier alpha value is -2.80. The van der Waals surface area contributed by atoms with Crippen LogP contribution in [0.25, 0.3) is 22.0 Å². The molecule has 158 valence electrons. The van der Waals surface area contributed by atoms with Gasteiger partial charge in [-0.15, -0.1) is 0 Å². The van der Waals surface area contributed by atoms with Gasteiger partial charge in [0.1, 0.15) is 17.7 Å². The minimum atomic E-state index is -0.730. The molecule has 0 unspecified atom stereocenters.